The number of amides is 1. The Morgan fingerprint density at radius 1 is 1.04 bits per heavy atom. The number of carbonyl (C=O) groups is 1. The van der Waals surface area contributed by atoms with Gasteiger partial charge in [-0.25, -0.2) is 9.97 Å². The fraction of sp³-hybridized carbons (Fsp3) is 0.105. The third-order valence-electron chi connectivity index (χ3n) is 3.59. The first-order valence-corrected chi connectivity index (χ1v) is 8.16. The summed E-state index contributed by atoms with van der Waals surface area (Å²) in [5.74, 6) is 0.305. The summed E-state index contributed by atoms with van der Waals surface area (Å²) in [7, 11) is 0. The molecule has 0 atom stereocenters. The van der Waals surface area contributed by atoms with Gasteiger partial charge in [0.05, 0.1) is 0 Å². The molecule has 6 heteroatoms. The van der Waals surface area contributed by atoms with E-state index in [9.17, 15) is 4.79 Å². The van der Waals surface area contributed by atoms with Crippen LogP contribution < -0.4 is 10.6 Å². The van der Waals surface area contributed by atoms with Crippen LogP contribution in [-0.4, -0.2) is 15.9 Å². The summed E-state index contributed by atoms with van der Waals surface area (Å²) < 4.78 is 0. The van der Waals surface area contributed by atoms with Gasteiger partial charge in [0.25, 0.3) is 5.91 Å². The fourth-order valence-electron chi connectivity index (χ4n) is 2.21. The number of nitrogens with zero attached hydrogens (tertiary/aromatic N) is 2. The van der Waals surface area contributed by atoms with Gasteiger partial charge in [-0.15, -0.1) is 0 Å². The Labute approximate surface area is 151 Å². The average Bonchev–Trinajstić information content (AvgIpc) is 2.63. The van der Waals surface area contributed by atoms with Crippen molar-refractivity contribution in [1.29, 1.82) is 0 Å². The lowest BCUT2D eigenvalue weighted by Crippen LogP contribution is -2.24. The number of hydrogen-bond donors (Lipinski definition) is 2. The number of anilines is 2. The van der Waals surface area contributed by atoms with Crippen molar-refractivity contribution in [2.75, 3.05) is 5.32 Å². The van der Waals surface area contributed by atoms with Crippen molar-refractivity contribution in [1.82, 2.24) is 15.3 Å². The molecule has 3 aromatic rings. The van der Waals surface area contributed by atoms with Crippen LogP contribution in [0.5, 0.6) is 0 Å². The van der Waals surface area contributed by atoms with Crippen molar-refractivity contribution in [3.05, 3.63) is 82.8 Å². The lowest BCUT2D eigenvalue weighted by molar-refractivity contribution is 0.0946. The number of hydrogen-bond acceptors (Lipinski definition) is 4. The summed E-state index contributed by atoms with van der Waals surface area (Å²) in [6.07, 6.45) is 1.37. The quantitative estimate of drug-likeness (QED) is 0.725. The van der Waals surface area contributed by atoms with Crippen LogP contribution in [0.25, 0.3) is 0 Å². The Morgan fingerprint density at radius 3 is 2.48 bits per heavy atom. The lowest BCUT2D eigenvalue weighted by Gasteiger charge is -2.08. The van der Waals surface area contributed by atoms with Gasteiger partial charge in [0, 0.05) is 23.3 Å². The highest BCUT2D eigenvalue weighted by molar-refractivity contribution is 6.30. The highest BCUT2D eigenvalue weighted by atomic mass is 35.5. The molecule has 0 saturated carbocycles. The first kappa shape index (κ1) is 16.9. The van der Waals surface area contributed by atoms with Crippen LogP contribution in [0.15, 0.2) is 60.9 Å². The lowest BCUT2D eigenvalue weighted by atomic mass is 10.2. The van der Waals surface area contributed by atoms with Gasteiger partial charge in [-0.05, 0) is 36.8 Å². The van der Waals surface area contributed by atoms with Crippen LogP contribution in [0, 0.1) is 6.92 Å². The Kier molecular flexibility index (Phi) is 5.26. The van der Waals surface area contributed by atoms with Gasteiger partial charge in [-0.2, -0.15) is 0 Å². The zero-order valence-corrected chi connectivity index (χ0v) is 14.4. The molecule has 0 aliphatic rings. The molecular formula is C19H17ClN4O. The maximum Gasteiger partial charge on any atom is 0.270 e. The zero-order chi connectivity index (χ0) is 17.6. The second-order valence-electron chi connectivity index (χ2n) is 5.59. The smallest absolute Gasteiger partial charge is 0.270 e. The summed E-state index contributed by atoms with van der Waals surface area (Å²) in [4.78, 5) is 20.5. The molecule has 0 unspecified atom stereocenters. The van der Waals surface area contributed by atoms with Gasteiger partial charge in [0.2, 0.25) is 0 Å². The highest BCUT2D eigenvalue weighted by Crippen LogP contribution is 2.15. The molecule has 0 fully saturated rings. The van der Waals surface area contributed by atoms with Gasteiger partial charge >= 0.3 is 0 Å². The molecule has 126 valence electrons. The highest BCUT2D eigenvalue weighted by Gasteiger charge is 2.09. The molecule has 0 radical (unpaired) electrons. The monoisotopic (exact) mass is 352 g/mol. The summed E-state index contributed by atoms with van der Waals surface area (Å²) >= 11 is 5.85. The second-order valence-corrected chi connectivity index (χ2v) is 6.03. The molecule has 1 aromatic heterocycles. The van der Waals surface area contributed by atoms with Crippen molar-refractivity contribution in [2.24, 2.45) is 0 Å². The van der Waals surface area contributed by atoms with E-state index in [0.29, 0.717) is 23.1 Å². The Balaban J connectivity index is 1.64. The number of aryl methyl sites for hydroxylation is 1. The maximum absolute atomic E-state index is 12.3. The van der Waals surface area contributed by atoms with Crippen molar-refractivity contribution in [2.45, 2.75) is 13.5 Å². The van der Waals surface area contributed by atoms with E-state index in [2.05, 4.69) is 20.6 Å². The van der Waals surface area contributed by atoms with Crippen molar-refractivity contribution < 1.29 is 4.79 Å². The number of aromatic nitrogens is 2. The second kappa shape index (κ2) is 7.77. The first-order chi connectivity index (χ1) is 12.1. The van der Waals surface area contributed by atoms with Crippen LogP contribution in [0.4, 0.5) is 11.5 Å². The van der Waals surface area contributed by atoms with E-state index >= 15 is 0 Å². The number of benzene rings is 2. The van der Waals surface area contributed by atoms with Crippen LogP contribution in [0.1, 0.15) is 21.6 Å². The van der Waals surface area contributed by atoms with Crippen LogP contribution >= 0.6 is 11.6 Å². The van der Waals surface area contributed by atoms with E-state index < -0.39 is 0 Å². The standard InChI is InChI=1S/C19H17ClN4O/c1-13-2-8-16(9-3-13)24-18-10-17(22-12-23-18)19(25)21-11-14-4-6-15(20)7-5-14/h2-10,12H,11H2,1H3,(H,21,25)(H,22,23,24). The number of rotatable bonds is 5. The molecule has 1 amide bonds. The molecule has 3 rings (SSSR count). The van der Waals surface area contributed by atoms with E-state index in [-0.39, 0.29) is 5.91 Å². The summed E-state index contributed by atoms with van der Waals surface area (Å²) in [6.45, 7) is 2.43. The summed E-state index contributed by atoms with van der Waals surface area (Å²) in [5, 5.41) is 6.66. The molecule has 2 aromatic carbocycles. The molecular weight excluding hydrogens is 336 g/mol. The summed E-state index contributed by atoms with van der Waals surface area (Å²) in [6, 6.07) is 16.9. The molecule has 5 nitrogen and oxygen atoms in total. The molecule has 0 saturated heterocycles. The average molecular weight is 353 g/mol. The Hall–Kier alpha value is -2.92. The predicted octanol–water partition coefficient (Wildman–Crippen LogP) is 4.11. The first-order valence-electron chi connectivity index (χ1n) is 7.78. The van der Waals surface area contributed by atoms with Crippen LogP contribution in [0.2, 0.25) is 5.02 Å². The largest absolute Gasteiger partial charge is 0.347 e. The van der Waals surface area contributed by atoms with E-state index in [1.54, 1.807) is 18.2 Å². The molecule has 0 aliphatic carbocycles. The van der Waals surface area contributed by atoms with Gasteiger partial charge in [-0.3, -0.25) is 4.79 Å². The zero-order valence-electron chi connectivity index (χ0n) is 13.7. The number of halogens is 1. The summed E-state index contributed by atoms with van der Waals surface area (Å²) in [5.41, 5.74) is 3.34. The minimum Gasteiger partial charge on any atom is -0.347 e. The van der Waals surface area contributed by atoms with Gasteiger partial charge in [-0.1, -0.05) is 41.4 Å². The Morgan fingerprint density at radius 2 is 1.76 bits per heavy atom. The molecule has 25 heavy (non-hydrogen) atoms. The molecule has 0 bridgehead atoms. The van der Waals surface area contributed by atoms with Crippen molar-refractivity contribution >= 4 is 29.0 Å². The molecule has 0 aliphatic heterocycles. The SMILES string of the molecule is Cc1ccc(Nc2cc(C(=O)NCc3ccc(Cl)cc3)ncn2)cc1. The Bertz CT molecular complexity index is 863. The molecule has 2 N–H and O–H groups in total. The van der Waals surface area contributed by atoms with E-state index in [1.165, 1.54) is 11.9 Å². The minimum absolute atomic E-state index is 0.260. The molecule has 1 heterocycles. The number of carbonyl (C=O) groups excluding carboxylic acids is 1. The van der Waals surface area contributed by atoms with Crippen LogP contribution in [-0.2, 0) is 6.54 Å². The van der Waals surface area contributed by atoms with E-state index in [0.717, 1.165) is 11.3 Å². The van der Waals surface area contributed by atoms with Gasteiger partial charge < -0.3 is 10.6 Å². The predicted molar refractivity (Wildman–Crippen MR) is 99.1 cm³/mol. The van der Waals surface area contributed by atoms with Crippen molar-refractivity contribution in [3.63, 3.8) is 0 Å². The third-order valence-corrected chi connectivity index (χ3v) is 3.84. The third kappa shape index (κ3) is 4.78. The maximum atomic E-state index is 12.3. The normalized spacial score (nSPS) is 10.3. The van der Waals surface area contributed by atoms with Crippen LogP contribution in [0.3, 0.4) is 0 Å². The fourth-order valence-corrected chi connectivity index (χ4v) is 2.34. The topological polar surface area (TPSA) is 66.9 Å². The number of nitrogens with one attached hydrogen (secondary N) is 2. The van der Waals surface area contributed by atoms with Gasteiger partial charge in [0.1, 0.15) is 17.8 Å². The minimum atomic E-state index is -0.260. The molecule has 0 spiro atoms. The van der Waals surface area contributed by atoms with E-state index in [1.807, 2.05) is 43.3 Å². The van der Waals surface area contributed by atoms with Gasteiger partial charge in [0.15, 0.2) is 0 Å². The van der Waals surface area contributed by atoms with E-state index in [4.69, 9.17) is 11.6 Å². The van der Waals surface area contributed by atoms with Crippen molar-refractivity contribution in [3.8, 4) is 0 Å².